The second kappa shape index (κ2) is 9.35. The van der Waals surface area contributed by atoms with Gasteiger partial charge in [0.05, 0.1) is 11.7 Å². The number of carbonyl (C=O) groups excluding carboxylic acids is 1. The second-order valence-electron chi connectivity index (χ2n) is 7.11. The number of nitrogens with zero attached hydrogens (tertiary/aromatic N) is 4. The fraction of sp³-hybridized carbons (Fsp3) is 0.333. The van der Waals surface area contributed by atoms with Gasteiger partial charge in [0.25, 0.3) is 5.89 Å². The van der Waals surface area contributed by atoms with Crippen molar-refractivity contribution in [1.29, 1.82) is 0 Å². The summed E-state index contributed by atoms with van der Waals surface area (Å²) in [4.78, 5) is 21.9. The van der Waals surface area contributed by atoms with Crippen LogP contribution in [0.25, 0.3) is 11.4 Å². The number of carbonyl (C=O) groups is 1. The molecular formula is C21H19F3N4O4. The minimum absolute atomic E-state index is 0.117. The van der Waals surface area contributed by atoms with Crippen molar-refractivity contribution in [3.05, 3.63) is 60.2 Å². The molecule has 1 amide bonds. The van der Waals surface area contributed by atoms with Gasteiger partial charge in [-0.3, -0.25) is 4.98 Å². The molecule has 0 unspecified atom stereocenters. The van der Waals surface area contributed by atoms with Crippen molar-refractivity contribution in [3.63, 3.8) is 0 Å². The molecule has 32 heavy (non-hydrogen) atoms. The number of halogens is 3. The van der Waals surface area contributed by atoms with Gasteiger partial charge in [0.2, 0.25) is 5.82 Å². The quantitative estimate of drug-likeness (QED) is 0.574. The zero-order chi connectivity index (χ0) is 22.6. The summed E-state index contributed by atoms with van der Waals surface area (Å²) in [6.45, 7) is 0.708. The average molecular weight is 448 g/mol. The number of amides is 1. The molecule has 0 bridgehead atoms. The lowest BCUT2D eigenvalue weighted by atomic mass is 10.1. The molecule has 168 valence electrons. The summed E-state index contributed by atoms with van der Waals surface area (Å²) < 4.78 is 55.2. The summed E-state index contributed by atoms with van der Waals surface area (Å²) in [6.07, 6.45) is -1.33. The van der Waals surface area contributed by atoms with Crippen molar-refractivity contribution in [2.45, 2.75) is 31.7 Å². The molecule has 0 atom stereocenters. The number of hydrogen-bond acceptors (Lipinski definition) is 7. The predicted molar refractivity (Wildman–Crippen MR) is 104 cm³/mol. The third kappa shape index (κ3) is 5.22. The molecule has 0 saturated carbocycles. The third-order valence-electron chi connectivity index (χ3n) is 4.94. The molecule has 1 aliphatic rings. The monoisotopic (exact) mass is 448 g/mol. The van der Waals surface area contributed by atoms with E-state index in [1.54, 1.807) is 24.5 Å². The Bertz CT molecular complexity index is 1050. The van der Waals surface area contributed by atoms with E-state index in [0.29, 0.717) is 37.6 Å². The van der Waals surface area contributed by atoms with E-state index in [2.05, 4.69) is 15.1 Å². The van der Waals surface area contributed by atoms with E-state index in [9.17, 15) is 18.0 Å². The number of hydrogen-bond donors (Lipinski definition) is 0. The van der Waals surface area contributed by atoms with Crippen molar-refractivity contribution in [1.82, 2.24) is 20.0 Å². The van der Waals surface area contributed by atoms with Crippen LogP contribution in [0.1, 0.15) is 24.3 Å². The maximum absolute atomic E-state index is 13.1. The first-order valence-corrected chi connectivity index (χ1v) is 9.88. The molecule has 3 aromatic rings. The molecule has 1 aromatic carbocycles. The molecule has 0 spiro atoms. The lowest BCUT2D eigenvalue weighted by molar-refractivity contribution is -0.138. The zero-order valence-corrected chi connectivity index (χ0v) is 16.8. The van der Waals surface area contributed by atoms with Crippen LogP contribution in [0.5, 0.6) is 5.75 Å². The molecule has 1 aliphatic heterocycles. The Labute approximate surface area is 181 Å². The first kappa shape index (κ1) is 21.8. The van der Waals surface area contributed by atoms with Gasteiger partial charge in [0.15, 0.2) is 0 Å². The van der Waals surface area contributed by atoms with Crippen LogP contribution in [0.2, 0.25) is 0 Å². The smallest absolute Gasteiger partial charge is 0.410 e. The van der Waals surface area contributed by atoms with E-state index in [0.717, 1.165) is 17.7 Å². The van der Waals surface area contributed by atoms with Crippen LogP contribution in [0.15, 0.2) is 53.3 Å². The highest BCUT2D eigenvalue weighted by Gasteiger charge is 2.35. The summed E-state index contributed by atoms with van der Waals surface area (Å²) in [5, 5.41) is 3.91. The van der Waals surface area contributed by atoms with Gasteiger partial charge in [0.1, 0.15) is 12.4 Å². The summed E-state index contributed by atoms with van der Waals surface area (Å²) in [6, 6.07) is 8.15. The van der Waals surface area contributed by atoms with Gasteiger partial charge in [-0.25, -0.2) is 4.79 Å². The largest absolute Gasteiger partial charge is 0.419 e. The Balaban J connectivity index is 1.26. The molecule has 1 fully saturated rings. The highest BCUT2D eigenvalue weighted by Crippen LogP contribution is 2.36. The molecular weight excluding hydrogens is 429 g/mol. The Hall–Kier alpha value is -3.47. The van der Waals surface area contributed by atoms with Crippen LogP contribution in [-0.4, -0.2) is 45.3 Å². The fourth-order valence-electron chi connectivity index (χ4n) is 3.27. The Morgan fingerprint density at radius 1 is 1.12 bits per heavy atom. The minimum Gasteiger partial charge on any atom is -0.410 e. The van der Waals surface area contributed by atoms with Crippen molar-refractivity contribution in [2.24, 2.45) is 0 Å². The number of pyridine rings is 1. The van der Waals surface area contributed by atoms with Crippen LogP contribution in [0.4, 0.5) is 18.0 Å². The van der Waals surface area contributed by atoms with Crippen molar-refractivity contribution >= 4 is 6.09 Å². The first-order valence-electron chi connectivity index (χ1n) is 9.88. The first-order chi connectivity index (χ1) is 15.4. The number of benzene rings is 1. The number of piperidine rings is 1. The van der Waals surface area contributed by atoms with Crippen LogP contribution < -0.4 is 4.74 Å². The molecule has 4 rings (SSSR count). The van der Waals surface area contributed by atoms with Crippen LogP contribution >= 0.6 is 0 Å². The van der Waals surface area contributed by atoms with Gasteiger partial charge in [-0.05, 0) is 37.1 Å². The van der Waals surface area contributed by atoms with Crippen LogP contribution in [0.3, 0.4) is 0 Å². The summed E-state index contributed by atoms with van der Waals surface area (Å²) in [5.74, 6) is 0.245. The molecule has 0 N–H and O–H groups in total. The van der Waals surface area contributed by atoms with Gasteiger partial charge >= 0.3 is 12.3 Å². The normalized spacial score (nSPS) is 15.0. The number of rotatable bonds is 5. The van der Waals surface area contributed by atoms with E-state index in [1.165, 1.54) is 17.0 Å². The predicted octanol–water partition coefficient (Wildman–Crippen LogP) is 4.33. The SMILES string of the molecule is O=C(Oc1ccccc1C(F)(F)F)N1CCC(OCc2nc(-c3ccncc3)no2)CC1. The van der Waals surface area contributed by atoms with Gasteiger partial charge in [0, 0.05) is 31.0 Å². The summed E-state index contributed by atoms with van der Waals surface area (Å²) in [7, 11) is 0. The maximum Gasteiger partial charge on any atom is 0.419 e. The van der Waals surface area contributed by atoms with Crippen molar-refractivity contribution < 1.29 is 32.0 Å². The Morgan fingerprint density at radius 2 is 1.84 bits per heavy atom. The number of likely N-dealkylation sites (tertiary alicyclic amines) is 1. The third-order valence-corrected chi connectivity index (χ3v) is 4.94. The van der Waals surface area contributed by atoms with E-state index >= 15 is 0 Å². The number of aromatic nitrogens is 3. The van der Waals surface area contributed by atoms with Crippen molar-refractivity contribution in [3.8, 4) is 17.1 Å². The number of ether oxygens (including phenoxy) is 2. The minimum atomic E-state index is -4.61. The Morgan fingerprint density at radius 3 is 2.56 bits per heavy atom. The van der Waals surface area contributed by atoms with E-state index < -0.39 is 23.6 Å². The molecule has 3 heterocycles. The molecule has 0 aliphatic carbocycles. The van der Waals surface area contributed by atoms with Crippen LogP contribution in [-0.2, 0) is 17.5 Å². The molecule has 0 radical (unpaired) electrons. The van der Waals surface area contributed by atoms with Crippen LogP contribution in [0, 0.1) is 0 Å². The number of para-hydroxylation sites is 1. The van der Waals surface area contributed by atoms with Crippen molar-refractivity contribution in [2.75, 3.05) is 13.1 Å². The topological polar surface area (TPSA) is 90.6 Å². The fourth-order valence-corrected chi connectivity index (χ4v) is 3.27. The zero-order valence-electron chi connectivity index (χ0n) is 16.8. The van der Waals surface area contributed by atoms with E-state index in [4.69, 9.17) is 14.0 Å². The van der Waals surface area contributed by atoms with E-state index in [1.807, 2.05) is 0 Å². The maximum atomic E-state index is 13.1. The standard InChI is InChI=1S/C21H19F3N4O4/c22-21(23,24)16-3-1-2-4-17(16)31-20(29)28-11-7-15(8-12-28)30-13-18-26-19(27-32-18)14-5-9-25-10-6-14/h1-6,9-10,15H,7-8,11-13H2. The lowest BCUT2D eigenvalue weighted by Crippen LogP contribution is -2.42. The molecule has 1 saturated heterocycles. The highest BCUT2D eigenvalue weighted by molar-refractivity contribution is 5.71. The van der Waals surface area contributed by atoms with Gasteiger partial charge in [-0.1, -0.05) is 17.3 Å². The molecule has 8 nitrogen and oxygen atoms in total. The molecule has 11 heteroatoms. The summed E-state index contributed by atoms with van der Waals surface area (Å²) in [5.41, 5.74) is -0.217. The lowest BCUT2D eigenvalue weighted by Gasteiger charge is -2.31. The van der Waals surface area contributed by atoms with Gasteiger partial charge in [-0.2, -0.15) is 18.2 Å². The van der Waals surface area contributed by atoms with Gasteiger partial charge < -0.3 is 18.9 Å². The Kier molecular flexibility index (Phi) is 6.35. The number of alkyl halides is 3. The molecule has 2 aromatic heterocycles. The van der Waals surface area contributed by atoms with Gasteiger partial charge in [-0.15, -0.1) is 0 Å². The summed E-state index contributed by atoms with van der Waals surface area (Å²) >= 11 is 0. The van der Waals surface area contributed by atoms with E-state index in [-0.39, 0.29) is 12.7 Å². The second-order valence-corrected chi connectivity index (χ2v) is 7.11. The average Bonchev–Trinajstić information content (AvgIpc) is 3.27. The highest BCUT2D eigenvalue weighted by atomic mass is 19.4.